The van der Waals surface area contributed by atoms with Gasteiger partial charge in [0.05, 0.1) is 19.8 Å². The first-order valence-electron chi connectivity index (χ1n) is 11.8. The molecule has 6 nitrogen and oxygen atoms in total. The fourth-order valence-corrected chi connectivity index (χ4v) is 4.34. The Bertz CT molecular complexity index is 1110. The van der Waals surface area contributed by atoms with Crippen molar-refractivity contribution in [3.05, 3.63) is 94.5 Å². The molecule has 184 valence electrons. The zero-order valence-corrected chi connectivity index (χ0v) is 21.0. The maximum Gasteiger partial charge on any atom is 0.321 e. The summed E-state index contributed by atoms with van der Waals surface area (Å²) < 4.78 is 11.8. The van der Waals surface area contributed by atoms with Gasteiger partial charge in [-0.2, -0.15) is 0 Å². The van der Waals surface area contributed by atoms with Crippen molar-refractivity contribution in [3.8, 4) is 5.75 Å². The van der Waals surface area contributed by atoms with Crippen LogP contribution in [-0.2, 0) is 11.3 Å². The van der Waals surface area contributed by atoms with Gasteiger partial charge >= 0.3 is 6.03 Å². The molecule has 0 bridgehead atoms. The third-order valence-electron chi connectivity index (χ3n) is 6.19. The first-order chi connectivity index (χ1) is 17.0. The van der Waals surface area contributed by atoms with Gasteiger partial charge < -0.3 is 19.7 Å². The van der Waals surface area contributed by atoms with Gasteiger partial charge in [0.2, 0.25) is 0 Å². The minimum absolute atomic E-state index is 0.0601. The van der Waals surface area contributed by atoms with E-state index in [1.54, 1.807) is 7.11 Å². The molecule has 4 rings (SSSR count). The Labute approximate surface area is 212 Å². The summed E-state index contributed by atoms with van der Waals surface area (Å²) in [6.07, 6.45) is -0.142. The molecule has 3 aromatic rings. The average Bonchev–Trinajstić information content (AvgIpc) is 2.88. The van der Waals surface area contributed by atoms with E-state index in [4.69, 9.17) is 21.1 Å². The first kappa shape index (κ1) is 25.0. The molecule has 2 amide bonds. The number of benzene rings is 3. The van der Waals surface area contributed by atoms with Crippen LogP contribution in [0.4, 0.5) is 10.5 Å². The van der Waals surface area contributed by atoms with Gasteiger partial charge in [0.15, 0.2) is 0 Å². The smallest absolute Gasteiger partial charge is 0.321 e. The zero-order chi connectivity index (χ0) is 24.6. The lowest BCUT2D eigenvalue weighted by Crippen LogP contribution is -2.50. The number of nitrogens with zero attached hydrogens (tertiary/aromatic N) is 2. The van der Waals surface area contributed by atoms with E-state index in [2.05, 4.69) is 16.3 Å². The fraction of sp³-hybridized carbons (Fsp3) is 0.321. The molecule has 1 N–H and O–H groups in total. The standard InChI is InChI=1S/C28H32ClN3O3/c1-21-9-11-25(12-10-21)30-28(33)32-15-13-31(14-16-32)19-27(23-6-4-8-26(18-23)34-2)35-20-22-5-3-7-24(29)17-22/h3-12,17-18,27H,13-16,19-20H2,1-2H3,(H,30,33). The molecular formula is C28H32ClN3O3. The van der Waals surface area contributed by atoms with E-state index in [0.717, 1.165) is 42.2 Å². The SMILES string of the molecule is COc1cccc(C(CN2CCN(C(=O)Nc3ccc(C)cc3)CC2)OCc2cccc(Cl)c2)c1. The third-order valence-corrected chi connectivity index (χ3v) is 6.43. The highest BCUT2D eigenvalue weighted by Gasteiger charge is 2.24. The van der Waals surface area contributed by atoms with Crippen LogP contribution in [0.15, 0.2) is 72.8 Å². The topological polar surface area (TPSA) is 54.0 Å². The van der Waals surface area contributed by atoms with Gasteiger partial charge in [0, 0.05) is 43.4 Å². The number of nitrogens with one attached hydrogen (secondary N) is 1. The number of carbonyl (C=O) groups excluding carboxylic acids is 1. The Kier molecular flexibility index (Phi) is 8.64. The molecule has 0 aromatic heterocycles. The Hall–Kier alpha value is -3.06. The molecule has 1 fully saturated rings. The summed E-state index contributed by atoms with van der Waals surface area (Å²) in [5.41, 5.74) is 4.07. The number of urea groups is 1. The van der Waals surface area contributed by atoms with E-state index >= 15 is 0 Å². The van der Waals surface area contributed by atoms with Crippen molar-refractivity contribution in [1.82, 2.24) is 9.80 Å². The molecule has 3 aromatic carbocycles. The molecule has 0 radical (unpaired) electrons. The van der Waals surface area contributed by atoms with Crippen LogP contribution in [0.25, 0.3) is 0 Å². The number of piperazine rings is 1. The number of halogens is 1. The number of hydrogen-bond acceptors (Lipinski definition) is 4. The quantitative estimate of drug-likeness (QED) is 0.433. The summed E-state index contributed by atoms with van der Waals surface area (Å²) in [7, 11) is 1.67. The van der Waals surface area contributed by atoms with Gasteiger partial charge in [-0.05, 0) is 54.4 Å². The maximum atomic E-state index is 12.7. The van der Waals surface area contributed by atoms with Crippen molar-refractivity contribution in [2.24, 2.45) is 0 Å². The Morgan fingerprint density at radius 2 is 1.74 bits per heavy atom. The minimum Gasteiger partial charge on any atom is -0.497 e. The number of carbonyl (C=O) groups is 1. The molecule has 1 heterocycles. The van der Waals surface area contributed by atoms with Crippen LogP contribution in [0.3, 0.4) is 0 Å². The largest absolute Gasteiger partial charge is 0.497 e. The van der Waals surface area contributed by atoms with Crippen LogP contribution in [0.2, 0.25) is 5.02 Å². The first-order valence-corrected chi connectivity index (χ1v) is 12.2. The minimum atomic E-state index is -0.142. The lowest BCUT2D eigenvalue weighted by atomic mass is 10.1. The molecule has 1 saturated heterocycles. The normalized spacial score (nSPS) is 15.0. The van der Waals surface area contributed by atoms with Gasteiger partial charge in [-0.1, -0.05) is 53.6 Å². The Balaban J connectivity index is 1.36. The molecule has 1 aliphatic heterocycles. The van der Waals surface area contributed by atoms with Crippen molar-refractivity contribution in [2.45, 2.75) is 19.6 Å². The van der Waals surface area contributed by atoms with Crippen molar-refractivity contribution in [1.29, 1.82) is 0 Å². The fourth-order valence-electron chi connectivity index (χ4n) is 4.13. The second kappa shape index (κ2) is 12.1. The van der Waals surface area contributed by atoms with E-state index in [1.165, 1.54) is 5.56 Å². The molecule has 0 aliphatic carbocycles. The van der Waals surface area contributed by atoms with Gasteiger partial charge in [-0.15, -0.1) is 0 Å². The van der Waals surface area contributed by atoms with Gasteiger partial charge in [0.1, 0.15) is 5.75 Å². The monoisotopic (exact) mass is 493 g/mol. The second-order valence-corrected chi connectivity index (χ2v) is 9.23. The van der Waals surface area contributed by atoms with E-state index in [1.807, 2.05) is 78.6 Å². The summed E-state index contributed by atoms with van der Waals surface area (Å²) >= 11 is 6.15. The molecule has 0 saturated carbocycles. The molecule has 1 atom stereocenters. The molecule has 7 heteroatoms. The van der Waals surface area contributed by atoms with Crippen molar-refractivity contribution >= 4 is 23.3 Å². The van der Waals surface area contributed by atoms with E-state index in [9.17, 15) is 4.79 Å². The van der Waals surface area contributed by atoms with Crippen LogP contribution in [0.5, 0.6) is 5.75 Å². The van der Waals surface area contributed by atoms with Crippen molar-refractivity contribution in [2.75, 3.05) is 45.2 Å². The molecular weight excluding hydrogens is 462 g/mol. The summed E-state index contributed by atoms with van der Waals surface area (Å²) in [6.45, 7) is 6.10. The third kappa shape index (κ3) is 7.21. The zero-order valence-electron chi connectivity index (χ0n) is 20.2. The van der Waals surface area contributed by atoms with Crippen LogP contribution >= 0.6 is 11.6 Å². The average molecular weight is 494 g/mol. The van der Waals surface area contributed by atoms with Crippen LogP contribution in [0.1, 0.15) is 22.8 Å². The summed E-state index contributed by atoms with van der Waals surface area (Å²) in [5.74, 6) is 0.802. The molecule has 1 aliphatic rings. The lowest BCUT2D eigenvalue weighted by Gasteiger charge is -2.36. The van der Waals surface area contributed by atoms with Gasteiger partial charge in [0.25, 0.3) is 0 Å². The summed E-state index contributed by atoms with van der Waals surface area (Å²) in [6, 6.07) is 23.5. The highest BCUT2D eigenvalue weighted by Crippen LogP contribution is 2.25. The Morgan fingerprint density at radius 3 is 2.46 bits per heavy atom. The highest BCUT2D eigenvalue weighted by atomic mass is 35.5. The number of amides is 2. The maximum absolute atomic E-state index is 12.7. The van der Waals surface area contributed by atoms with E-state index < -0.39 is 0 Å². The predicted molar refractivity (Wildman–Crippen MR) is 140 cm³/mol. The number of hydrogen-bond donors (Lipinski definition) is 1. The number of rotatable bonds is 8. The second-order valence-electron chi connectivity index (χ2n) is 8.79. The van der Waals surface area contributed by atoms with Gasteiger partial charge in [-0.3, -0.25) is 4.90 Å². The number of anilines is 1. The molecule has 0 spiro atoms. The predicted octanol–water partition coefficient (Wildman–Crippen LogP) is 5.76. The molecule has 1 unspecified atom stereocenters. The van der Waals surface area contributed by atoms with E-state index in [-0.39, 0.29) is 12.1 Å². The van der Waals surface area contributed by atoms with Crippen molar-refractivity contribution in [3.63, 3.8) is 0 Å². The number of aryl methyl sites for hydroxylation is 1. The van der Waals surface area contributed by atoms with Crippen molar-refractivity contribution < 1.29 is 14.3 Å². The van der Waals surface area contributed by atoms with Crippen LogP contribution < -0.4 is 10.1 Å². The summed E-state index contributed by atoms with van der Waals surface area (Å²) in [5, 5.41) is 3.69. The number of ether oxygens (including phenoxy) is 2. The van der Waals surface area contributed by atoms with E-state index in [0.29, 0.717) is 24.7 Å². The van der Waals surface area contributed by atoms with Gasteiger partial charge in [-0.25, -0.2) is 4.79 Å². The number of methoxy groups -OCH3 is 1. The highest BCUT2D eigenvalue weighted by molar-refractivity contribution is 6.30. The molecule has 35 heavy (non-hydrogen) atoms. The van der Waals surface area contributed by atoms with Crippen LogP contribution in [-0.4, -0.2) is 55.7 Å². The van der Waals surface area contributed by atoms with Crippen LogP contribution in [0, 0.1) is 6.92 Å². The Morgan fingerprint density at radius 1 is 1.00 bits per heavy atom. The lowest BCUT2D eigenvalue weighted by molar-refractivity contribution is 0.00584. The summed E-state index contributed by atoms with van der Waals surface area (Å²) in [4.78, 5) is 16.9.